The Morgan fingerprint density at radius 2 is 1.95 bits per heavy atom. The average Bonchev–Trinajstić information content (AvgIpc) is 2.37. The highest BCUT2D eigenvalue weighted by Crippen LogP contribution is 2.26. The second kappa shape index (κ2) is 8.06. The average molecular weight is 306 g/mol. The van der Waals surface area contributed by atoms with Gasteiger partial charge in [-0.05, 0) is 64.5 Å². The number of likely N-dealkylation sites (tertiary alicyclic amines) is 1. The van der Waals surface area contributed by atoms with Gasteiger partial charge in [0.2, 0.25) is 0 Å². The summed E-state index contributed by atoms with van der Waals surface area (Å²) in [5.74, 6) is 0.570. The maximum Gasteiger partial charge on any atom is 0.410 e. The van der Waals surface area contributed by atoms with Crippen molar-refractivity contribution in [3.63, 3.8) is 0 Å². The van der Waals surface area contributed by atoms with Crippen molar-refractivity contribution in [3.05, 3.63) is 36.1 Å². The van der Waals surface area contributed by atoms with Gasteiger partial charge in [-0.3, -0.25) is 0 Å². The van der Waals surface area contributed by atoms with E-state index in [1.165, 1.54) is 5.57 Å². The second-order valence-electron chi connectivity index (χ2n) is 6.98. The smallest absolute Gasteiger partial charge is 0.410 e. The lowest BCUT2D eigenvalue weighted by atomic mass is 9.89. The van der Waals surface area contributed by atoms with Gasteiger partial charge in [-0.25, -0.2) is 4.79 Å². The monoisotopic (exact) mass is 306 g/mol. The van der Waals surface area contributed by atoms with Crippen molar-refractivity contribution < 1.29 is 9.53 Å². The lowest BCUT2D eigenvalue weighted by Gasteiger charge is -2.33. The van der Waals surface area contributed by atoms with E-state index in [0.29, 0.717) is 5.92 Å². The standard InChI is InChI=1S/C18H30N2O2/c1-6-7-16(12-14(2)19)13-15-8-10-20(11-9-15)17(21)22-18(3,4)5/h6-7,12,15H,1,8-11,13,19H2,2-5H3/b14-12+,16-7+. The molecule has 2 N–H and O–H groups in total. The molecule has 1 amide bonds. The molecule has 124 valence electrons. The number of ether oxygens (including phenoxy) is 1. The number of piperidine rings is 1. The van der Waals surface area contributed by atoms with Crippen molar-refractivity contribution in [2.24, 2.45) is 11.7 Å². The Bertz CT molecular complexity index is 446. The van der Waals surface area contributed by atoms with Gasteiger partial charge in [0.25, 0.3) is 0 Å². The number of carbonyl (C=O) groups is 1. The predicted molar refractivity (Wildman–Crippen MR) is 91.4 cm³/mol. The number of carbonyl (C=O) groups excluding carboxylic acids is 1. The Morgan fingerprint density at radius 3 is 2.41 bits per heavy atom. The van der Waals surface area contributed by atoms with E-state index in [1.54, 1.807) is 6.08 Å². The Hall–Kier alpha value is -1.71. The molecular formula is C18H30N2O2. The summed E-state index contributed by atoms with van der Waals surface area (Å²) in [6.45, 7) is 12.8. The van der Waals surface area contributed by atoms with Gasteiger partial charge in [0.1, 0.15) is 5.60 Å². The van der Waals surface area contributed by atoms with Crippen LogP contribution in [0, 0.1) is 5.92 Å². The summed E-state index contributed by atoms with van der Waals surface area (Å²) in [7, 11) is 0. The first-order valence-electron chi connectivity index (χ1n) is 7.94. The number of nitrogens with zero attached hydrogens (tertiary/aromatic N) is 1. The molecule has 1 heterocycles. The van der Waals surface area contributed by atoms with E-state index in [1.807, 2.05) is 44.7 Å². The third kappa shape index (κ3) is 6.83. The van der Waals surface area contributed by atoms with Gasteiger partial charge in [-0.1, -0.05) is 18.7 Å². The molecule has 0 spiro atoms. The van der Waals surface area contributed by atoms with Crippen LogP contribution in [0.2, 0.25) is 0 Å². The number of allylic oxidation sites excluding steroid dienone is 5. The highest BCUT2D eigenvalue weighted by molar-refractivity contribution is 5.68. The summed E-state index contributed by atoms with van der Waals surface area (Å²) >= 11 is 0. The van der Waals surface area contributed by atoms with Crippen molar-refractivity contribution in [1.82, 2.24) is 4.90 Å². The van der Waals surface area contributed by atoms with Crippen LogP contribution in [-0.4, -0.2) is 29.7 Å². The van der Waals surface area contributed by atoms with Crippen LogP contribution >= 0.6 is 0 Å². The Kier molecular flexibility index (Phi) is 6.72. The normalized spacial score (nSPS) is 18.3. The summed E-state index contributed by atoms with van der Waals surface area (Å²) in [4.78, 5) is 13.9. The van der Waals surface area contributed by atoms with Gasteiger partial charge in [-0.2, -0.15) is 0 Å². The summed E-state index contributed by atoms with van der Waals surface area (Å²) in [5.41, 5.74) is 7.34. The van der Waals surface area contributed by atoms with E-state index in [4.69, 9.17) is 10.5 Å². The van der Waals surface area contributed by atoms with E-state index < -0.39 is 5.60 Å². The molecule has 0 aromatic heterocycles. The maximum absolute atomic E-state index is 12.0. The minimum atomic E-state index is -0.433. The summed E-state index contributed by atoms with van der Waals surface area (Å²) in [5, 5.41) is 0. The maximum atomic E-state index is 12.0. The fourth-order valence-electron chi connectivity index (χ4n) is 2.60. The minimum Gasteiger partial charge on any atom is -0.444 e. The molecule has 1 aliphatic heterocycles. The highest BCUT2D eigenvalue weighted by atomic mass is 16.6. The zero-order valence-corrected chi connectivity index (χ0v) is 14.4. The zero-order valence-electron chi connectivity index (χ0n) is 14.4. The van der Waals surface area contributed by atoms with Gasteiger partial charge < -0.3 is 15.4 Å². The first-order valence-corrected chi connectivity index (χ1v) is 7.94. The SMILES string of the molecule is C=C/C=C(\C=C(/C)N)CC1CCN(C(=O)OC(C)(C)C)CC1. The molecule has 0 aromatic carbocycles. The van der Waals surface area contributed by atoms with E-state index in [0.717, 1.165) is 38.0 Å². The Morgan fingerprint density at radius 1 is 1.36 bits per heavy atom. The first-order chi connectivity index (χ1) is 10.2. The van der Waals surface area contributed by atoms with Crippen LogP contribution in [-0.2, 0) is 4.74 Å². The quantitative estimate of drug-likeness (QED) is 0.799. The molecule has 1 rings (SSSR count). The molecule has 0 radical (unpaired) electrons. The molecule has 0 aliphatic carbocycles. The molecule has 0 aromatic rings. The summed E-state index contributed by atoms with van der Waals surface area (Å²) in [6.07, 6.45) is 8.56. The number of nitrogens with two attached hydrogens (primary N) is 1. The highest BCUT2D eigenvalue weighted by Gasteiger charge is 2.26. The van der Waals surface area contributed by atoms with Gasteiger partial charge in [0.05, 0.1) is 0 Å². The van der Waals surface area contributed by atoms with Crippen LogP contribution in [0.3, 0.4) is 0 Å². The van der Waals surface area contributed by atoms with Crippen molar-refractivity contribution in [2.45, 2.75) is 52.6 Å². The van der Waals surface area contributed by atoms with E-state index in [-0.39, 0.29) is 6.09 Å². The molecule has 1 aliphatic rings. The molecular weight excluding hydrogens is 276 g/mol. The molecule has 0 bridgehead atoms. The van der Waals surface area contributed by atoms with Crippen LogP contribution < -0.4 is 5.73 Å². The second-order valence-corrected chi connectivity index (χ2v) is 6.98. The number of amides is 1. The first kappa shape index (κ1) is 18.3. The van der Waals surface area contributed by atoms with E-state index >= 15 is 0 Å². The molecule has 4 heteroatoms. The fourth-order valence-corrected chi connectivity index (χ4v) is 2.60. The largest absolute Gasteiger partial charge is 0.444 e. The van der Waals surface area contributed by atoms with Crippen LogP contribution in [0.25, 0.3) is 0 Å². The van der Waals surface area contributed by atoms with Crippen LogP contribution in [0.4, 0.5) is 4.79 Å². The summed E-state index contributed by atoms with van der Waals surface area (Å²) < 4.78 is 5.42. The molecule has 1 saturated heterocycles. The van der Waals surface area contributed by atoms with Crippen molar-refractivity contribution in [3.8, 4) is 0 Å². The van der Waals surface area contributed by atoms with Crippen LogP contribution in [0.5, 0.6) is 0 Å². The molecule has 0 unspecified atom stereocenters. The van der Waals surface area contributed by atoms with Crippen LogP contribution in [0.15, 0.2) is 36.1 Å². The van der Waals surface area contributed by atoms with Gasteiger partial charge in [0, 0.05) is 18.8 Å². The van der Waals surface area contributed by atoms with Crippen molar-refractivity contribution in [1.29, 1.82) is 0 Å². The van der Waals surface area contributed by atoms with Gasteiger partial charge in [0.15, 0.2) is 0 Å². The third-order valence-electron chi connectivity index (χ3n) is 3.54. The molecule has 0 saturated carbocycles. The summed E-state index contributed by atoms with van der Waals surface area (Å²) in [6, 6.07) is 0. The molecule has 1 fully saturated rings. The predicted octanol–water partition coefficient (Wildman–Crippen LogP) is 4.00. The Balaban J connectivity index is 2.51. The topological polar surface area (TPSA) is 55.6 Å². The lowest BCUT2D eigenvalue weighted by Crippen LogP contribution is -2.41. The van der Waals surface area contributed by atoms with E-state index in [2.05, 4.69) is 6.58 Å². The Labute approximate surface area is 134 Å². The van der Waals surface area contributed by atoms with Gasteiger partial charge in [-0.15, -0.1) is 0 Å². The van der Waals surface area contributed by atoms with Crippen molar-refractivity contribution >= 4 is 6.09 Å². The van der Waals surface area contributed by atoms with Gasteiger partial charge >= 0.3 is 6.09 Å². The number of hydrogen-bond acceptors (Lipinski definition) is 3. The molecule has 0 atom stereocenters. The van der Waals surface area contributed by atoms with Crippen molar-refractivity contribution in [2.75, 3.05) is 13.1 Å². The zero-order chi connectivity index (χ0) is 16.8. The molecule has 22 heavy (non-hydrogen) atoms. The van der Waals surface area contributed by atoms with E-state index in [9.17, 15) is 4.79 Å². The fraction of sp³-hybridized carbons (Fsp3) is 0.611. The number of rotatable bonds is 4. The minimum absolute atomic E-state index is 0.203. The van der Waals surface area contributed by atoms with Crippen LogP contribution in [0.1, 0.15) is 47.0 Å². The third-order valence-corrected chi connectivity index (χ3v) is 3.54. The lowest BCUT2D eigenvalue weighted by molar-refractivity contribution is 0.0184. The molecule has 4 nitrogen and oxygen atoms in total. The number of hydrogen-bond donors (Lipinski definition) is 1.